The topological polar surface area (TPSA) is 75.8 Å². The Kier molecular flexibility index (Phi) is 16.9. The molecule has 0 saturated carbocycles. The summed E-state index contributed by atoms with van der Waals surface area (Å²) >= 11 is 0. The molecule has 2 amide bonds. The van der Waals surface area contributed by atoms with Gasteiger partial charge in [0.2, 0.25) is 11.8 Å². The largest absolute Gasteiger partial charge is 0.329 e. The van der Waals surface area contributed by atoms with Crippen molar-refractivity contribution in [3.63, 3.8) is 0 Å². The molecular weight excluding hydrogens is 410 g/mol. The molecule has 1 heterocycles. The van der Waals surface area contributed by atoms with E-state index in [0.717, 1.165) is 19.3 Å². The molecule has 0 aromatic carbocycles. The maximum atomic E-state index is 13.2. The van der Waals surface area contributed by atoms with Crippen LogP contribution in [-0.4, -0.2) is 42.6 Å². The normalized spacial score (nSPS) is 18.1. The molecule has 0 spiro atoms. The maximum Gasteiger partial charge on any atom is 0.233 e. The summed E-state index contributed by atoms with van der Waals surface area (Å²) in [6.07, 6.45) is 21.7. The van der Waals surface area contributed by atoms with Gasteiger partial charge in [-0.05, 0) is 32.1 Å². The Bertz CT molecular complexity index is 600. The minimum atomic E-state index is -0.211. The first-order chi connectivity index (χ1) is 16.1. The molecule has 1 rings (SSSR count). The number of likely N-dealkylation sites (tertiary alicyclic amines) is 1. The van der Waals surface area contributed by atoms with E-state index in [-0.39, 0.29) is 30.2 Å². The number of amides is 2. The van der Waals surface area contributed by atoms with Gasteiger partial charge in [-0.3, -0.25) is 19.5 Å². The highest BCUT2D eigenvalue weighted by atomic mass is 16.2. The molecule has 1 saturated heterocycles. The van der Waals surface area contributed by atoms with Crippen LogP contribution in [0.1, 0.15) is 117 Å². The van der Waals surface area contributed by atoms with E-state index in [2.05, 4.69) is 31.8 Å². The van der Waals surface area contributed by atoms with Crippen LogP contribution in [0.25, 0.3) is 0 Å². The fourth-order valence-corrected chi connectivity index (χ4v) is 4.82. The third-order valence-corrected chi connectivity index (χ3v) is 6.89. The lowest BCUT2D eigenvalue weighted by molar-refractivity contribution is -0.138. The highest BCUT2D eigenvalue weighted by Crippen LogP contribution is 2.35. The second-order valence-corrected chi connectivity index (χ2v) is 9.70. The minimum Gasteiger partial charge on any atom is -0.329 e. The van der Waals surface area contributed by atoms with Crippen molar-refractivity contribution in [3.8, 4) is 0 Å². The number of unbranched alkanes of at least 4 members (excludes halogenated alkanes) is 11. The van der Waals surface area contributed by atoms with Crippen LogP contribution in [0.4, 0.5) is 0 Å². The number of hydrogen-bond donors (Lipinski definition) is 1. The molecule has 33 heavy (non-hydrogen) atoms. The van der Waals surface area contributed by atoms with Crippen LogP contribution in [0, 0.1) is 11.8 Å². The number of rotatable bonds is 20. The molecule has 0 radical (unpaired) electrons. The Morgan fingerprint density at radius 1 is 1.00 bits per heavy atom. The van der Waals surface area contributed by atoms with Gasteiger partial charge in [0, 0.05) is 19.2 Å². The van der Waals surface area contributed by atoms with Gasteiger partial charge in [-0.2, -0.15) is 0 Å². The Balaban J connectivity index is 2.71. The van der Waals surface area contributed by atoms with Gasteiger partial charge in [-0.25, -0.2) is 0 Å². The monoisotopic (exact) mass is 461 g/mol. The minimum absolute atomic E-state index is 0.0113. The first kappa shape index (κ1) is 29.5. The van der Waals surface area contributed by atoms with Crippen LogP contribution in [0.15, 0.2) is 16.6 Å². The van der Waals surface area contributed by atoms with Crippen molar-refractivity contribution >= 4 is 18.0 Å². The number of aliphatic imine (C=N–C) groups is 1. The van der Waals surface area contributed by atoms with Gasteiger partial charge in [0.25, 0.3) is 0 Å². The molecule has 190 valence electrons. The SMILES string of the molecule is CCCCCCC/C=C(\C)C(CCCCCCCCC)[C@@H]1CC(=O)N(CC=NCCN)C1=O. The standard InChI is InChI=1S/C28H51N3O2/c1-4-6-8-10-12-14-16-18-25(24(3)17-15-13-11-9-7-5-2)26-23-27(32)31(28(26)33)22-21-30-20-19-29/h17,21,25-26H,4-16,18-20,22-23,29H2,1-3H3/b24-17+,30-21?/t25?,26-/m0/s1. The van der Waals surface area contributed by atoms with E-state index in [1.54, 1.807) is 6.21 Å². The quantitative estimate of drug-likeness (QED) is 0.0979. The van der Waals surface area contributed by atoms with Crippen LogP contribution in [0.3, 0.4) is 0 Å². The molecule has 0 aromatic rings. The van der Waals surface area contributed by atoms with E-state index in [9.17, 15) is 9.59 Å². The summed E-state index contributed by atoms with van der Waals surface area (Å²) in [6, 6.07) is 0. The summed E-state index contributed by atoms with van der Waals surface area (Å²) in [6.45, 7) is 7.95. The van der Waals surface area contributed by atoms with Crippen LogP contribution in [-0.2, 0) is 9.59 Å². The maximum absolute atomic E-state index is 13.2. The zero-order chi connectivity index (χ0) is 24.3. The van der Waals surface area contributed by atoms with Crippen molar-refractivity contribution in [3.05, 3.63) is 11.6 Å². The van der Waals surface area contributed by atoms with Crippen molar-refractivity contribution in [1.82, 2.24) is 4.90 Å². The van der Waals surface area contributed by atoms with Gasteiger partial charge in [-0.15, -0.1) is 0 Å². The molecule has 2 N–H and O–H groups in total. The Hall–Kier alpha value is -1.49. The van der Waals surface area contributed by atoms with Gasteiger partial charge in [0.15, 0.2) is 0 Å². The second-order valence-electron chi connectivity index (χ2n) is 9.70. The molecule has 1 fully saturated rings. The predicted molar refractivity (Wildman–Crippen MR) is 140 cm³/mol. The molecule has 0 bridgehead atoms. The first-order valence-electron chi connectivity index (χ1n) is 13.8. The molecule has 0 aliphatic carbocycles. The molecule has 5 nitrogen and oxygen atoms in total. The summed E-state index contributed by atoms with van der Waals surface area (Å²) in [5.41, 5.74) is 6.78. The number of carbonyl (C=O) groups excluding carboxylic acids is 2. The molecule has 0 aromatic heterocycles. The summed E-state index contributed by atoms with van der Waals surface area (Å²) in [4.78, 5) is 31.4. The lowest BCUT2D eigenvalue weighted by Crippen LogP contribution is -2.34. The fraction of sp³-hybridized carbons (Fsp3) is 0.821. The third-order valence-electron chi connectivity index (χ3n) is 6.89. The number of imide groups is 1. The number of carbonyl (C=O) groups is 2. The third kappa shape index (κ3) is 12.0. The average molecular weight is 462 g/mol. The van der Waals surface area contributed by atoms with Crippen LogP contribution >= 0.6 is 0 Å². The first-order valence-corrected chi connectivity index (χ1v) is 13.8. The van der Waals surface area contributed by atoms with E-state index in [1.165, 1.54) is 81.1 Å². The van der Waals surface area contributed by atoms with Gasteiger partial charge >= 0.3 is 0 Å². The smallest absolute Gasteiger partial charge is 0.233 e. The lowest BCUT2D eigenvalue weighted by Gasteiger charge is -2.23. The summed E-state index contributed by atoms with van der Waals surface area (Å²) in [5.74, 6) is -0.0977. The van der Waals surface area contributed by atoms with E-state index in [4.69, 9.17) is 5.73 Å². The lowest BCUT2D eigenvalue weighted by atomic mass is 9.81. The van der Waals surface area contributed by atoms with Gasteiger partial charge in [0.05, 0.1) is 19.0 Å². The number of nitrogens with two attached hydrogens (primary N) is 1. The van der Waals surface area contributed by atoms with Crippen molar-refractivity contribution in [2.75, 3.05) is 19.6 Å². The summed E-state index contributed by atoms with van der Waals surface area (Å²) in [5, 5.41) is 0. The molecular formula is C28H51N3O2. The Labute approximate surface area is 203 Å². The van der Waals surface area contributed by atoms with E-state index >= 15 is 0 Å². The molecule has 1 aliphatic heterocycles. The molecule has 1 aliphatic rings. The predicted octanol–water partition coefficient (Wildman–Crippen LogP) is 6.45. The van der Waals surface area contributed by atoms with Crippen molar-refractivity contribution in [2.24, 2.45) is 22.6 Å². The molecule has 1 unspecified atom stereocenters. The second kappa shape index (κ2) is 18.9. The highest BCUT2D eigenvalue weighted by molar-refractivity contribution is 6.05. The van der Waals surface area contributed by atoms with Crippen LogP contribution in [0.2, 0.25) is 0 Å². The fourth-order valence-electron chi connectivity index (χ4n) is 4.82. The Morgan fingerprint density at radius 2 is 1.61 bits per heavy atom. The van der Waals surface area contributed by atoms with Crippen LogP contribution in [0.5, 0.6) is 0 Å². The average Bonchev–Trinajstić information content (AvgIpc) is 3.08. The molecule has 5 heteroatoms. The van der Waals surface area contributed by atoms with Crippen molar-refractivity contribution in [1.29, 1.82) is 0 Å². The van der Waals surface area contributed by atoms with Gasteiger partial charge in [0.1, 0.15) is 0 Å². The van der Waals surface area contributed by atoms with Gasteiger partial charge in [-0.1, -0.05) is 96.1 Å². The zero-order valence-electron chi connectivity index (χ0n) is 21.8. The van der Waals surface area contributed by atoms with E-state index in [1.807, 2.05) is 0 Å². The Morgan fingerprint density at radius 3 is 2.24 bits per heavy atom. The summed E-state index contributed by atoms with van der Waals surface area (Å²) in [7, 11) is 0. The zero-order valence-corrected chi connectivity index (χ0v) is 21.8. The van der Waals surface area contributed by atoms with E-state index in [0.29, 0.717) is 19.5 Å². The van der Waals surface area contributed by atoms with Crippen molar-refractivity contribution < 1.29 is 9.59 Å². The molecule has 2 atom stereocenters. The van der Waals surface area contributed by atoms with Gasteiger partial charge < -0.3 is 5.73 Å². The summed E-state index contributed by atoms with van der Waals surface area (Å²) < 4.78 is 0. The number of hydrogen-bond acceptors (Lipinski definition) is 4. The van der Waals surface area contributed by atoms with E-state index < -0.39 is 0 Å². The van der Waals surface area contributed by atoms with Crippen LogP contribution < -0.4 is 5.73 Å². The highest BCUT2D eigenvalue weighted by Gasteiger charge is 2.42. The number of allylic oxidation sites excluding steroid dienone is 2. The number of nitrogens with zero attached hydrogens (tertiary/aromatic N) is 2. The van der Waals surface area contributed by atoms with Crippen molar-refractivity contribution in [2.45, 2.75) is 117 Å².